The van der Waals surface area contributed by atoms with Crippen LogP contribution in [0.3, 0.4) is 0 Å². The number of imidazole rings is 2. The fraction of sp³-hybridized carbons (Fsp3) is 0.568. The first-order valence-corrected chi connectivity index (χ1v) is 40.1. The summed E-state index contributed by atoms with van der Waals surface area (Å²) in [5, 5.41) is 2.62. The number of ether oxygens (including phenoxy) is 4. The highest BCUT2D eigenvalue weighted by Gasteiger charge is 2.50. The summed E-state index contributed by atoms with van der Waals surface area (Å²) in [6.45, 7) is -11.1. The summed E-state index contributed by atoms with van der Waals surface area (Å²) in [7, 11) is -2.44. The molecule has 5 aliphatic rings. The largest absolute Gasteiger partial charge is 0.582 e. The third kappa shape index (κ3) is 16.4. The van der Waals surface area contributed by atoms with E-state index in [4.69, 9.17) is 76.9 Å². The topological polar surface area (TPSA) is 458 Å². The van der Waals surface area contributed by atoms with Crippen LogP contribution in [0.25, 0.3) is 22.3 Å². The number of nitrogens with one attached hydrogen (secondary N) is 2. The van der Waals surface area contributed by atoms with E-state index >= 15 is 0 Å². The van der Waals surface area contributed by atoms with Gasteiger partial charge in [0.05, 0.1) is 39.1 Å². The number of carbonyl (C=O) groups is 1. The maximum Gasteiger partial charge on any atom is 0.582 e. The first kappa shape index (κ1) is 69.0. The molecule has 8 N–H and O–H groups in total. The van der Waals surface area contributed by atoms with Crippen molar-refractivity contribution in [1.82, 2.24) is 58.8 Å². The van der Waals surface area contributed by atoms with Crippen LogP contribution in [0.2, 0.25) is 0 Å². The van der Waals surface area contributed by atoms with Crippen LogP contribution in [0.5, 0.6) is 0 Å². The van der Waals surface area contributed by atoms with Gasteiger partial charge in [0.2, 0.25) is 5.95 Å². The van der Waals surface area contributed by atoms with Gasteiger partial charge >= 0.3 is 46.1 Å². The van der Waals surface area contributed by atoms with Gasteiger partial charge in [0, 0.05) is 49.3 Å². The molecule has 0 aromatic carbocycles. The molecule has 4 saturated heterocycles. The molecule has 36 nitrogen and oxygen atoms in total. The van der Waals surface area contributed by atoms with E-state index in [-0.39, 0.29) is 78.8 Å². The Kier molecular flexibility index (Phi) is 21.7. The minimum Gasteiger partial charge on any atom is -0.383 e. The van der Waals surface area contributed by atoms with Gasteiger partial charge in [0.15, 0.2) is 22.6 Å². The van der Waals surface area contributed by atoms with Crippen LogP contribution in [-0.2, 0) is 82.5 Å². The van der Waals surface area contributed by atoms with Gasteiger partial charge < -0.3 is 46.0 Å². The number of anilines is 3. The molecule has 17 atom stereocenters. The smallest absolute Gasteiger partial charge is 0.383 e. The number of allylic oxidation sites excluding steroid dienone is 1. The number of urea groups is 1. The number of aryl methyl sites for hydroxylation is 1. The Labute approximate surface area is 537 Å². The van der Waals surface area contributed by atoms with Crippen LogP contribution in [0.4, 0.5) is 22.4 Å². The van der Waals surface area contributed by atoms with E-state index in [2.05, 4.69) is 108 Å². The summed E-state index contributed by atoms with van der Waals surface area (Å²) in [6.07, 6.45) is -7.48. The lowest BCUT2D eigenvalue weighted by Gasteiger charge is -2.30. The number of rotatable bonds is 27. The van der Waals surface area contributed by atoms with Gasteiger partial charge in [-0.15, -0.1) is 4.52 Å². The Morgan fingerprint density at radius 3 is 1.67 bits per heavy atom. The number of nitrogen functional groups attached to an aromatic ring is 3. The molecule has 8 unspecified atom stereocenters. The lowest BCUT2D eigenvalue weighted by atomic mass is 10.1. The highest BCUT2D eigenvalue weighted by molar-refractivity contribution is 8.45. The second-order valence-electron chi connectivity index (χ2n) is 20.6. The Bertz CT molecular complexity index is 3930. The van der Waals surface area contributed by atoms with Gasteiger partial charge in [-0.25, -0.2) is 47.8 Å². The normalized spacial score (nSPS) is 29.3. The second-order valence-corrected chi connectivity index (χ2v) is 33.9. The molecule has 0 aliphatic carbocycles. The van der Waals surface area contributed by atoms with Crippen molar-refractivity contribution in [1.29, 1.82) is 0 Å². The molecule has 5 aliphatic heterocycles. The minimum atomic E-state index is -4.65. The van der Waals surface area contributed by atoms with Gasteiger partial charge in [-0.3, -0.25) is 60.0 Å². The summed E-state index contributed by atoms with van der Waals surface area (Å²) < 4.78 is 150. The zero-order chi connectivity index (χ0) is 64.8. The van der Waals surface area contributed by atoms with Crippen molar-refractivity contribution < 1.29 is 87.3 Å². The minimum absolute atomic E-state index is 0.00585. The Morgan fingerprint density at radius 2 is 1.13 bits per heavy atom. The van der Waals surface area contributed by atoms with Crippen LogP contribution in [-0.4, -0.2) is 148 Å². The number of fused-ring (bicyclic) bond motifs is 2. The molecule has 2 amide bonds. The average molecular weight is 1450 g/mol. The number of amides is 2. The number of hydrogen-bond donors (Lipinski definition) is 10. The van der Waals surface area contributed by atoms with E-state index < -0.39 is 145 Å². The molecule has 0 spiro atoms. The van der Waals surface area contributed by atoms with Crippen molar-refractivity contribution in [2.45, 2.75) is 127 Å². The third-order valence-corrected chi connectivity index (χ3v) is 21.7. The van der Waals surface area contributed by atoms with Gasteiger partial charge in [0.25, 0.3) is 5.56 Å². The number of H-pyrrole nitrogens is 1. The fourth-order valence-corrected chi connectivity index (χ4v) is 16.7. The number of carbonyl (C=O) groups excluding carboxylic acids is 1. The summed E-state index contributed by atoms with van der Waals surface area (Å²) in [5.41, 5.74) is 18.2. The number of nitrogens with zero attached hydrogens (tertiary/aromatic N) is 10. The summed E-state index contributed by atoms with van der Waals surface area (Å²) in [5.74, 6) is -0.207. The van der Waals surface area contributed by atoms with Crippen molar-refractivity contribution in [2.24, 2.45) is 0 Å². The number of nitrogens with two attached hydrogens (primary N) is 3. The van der Waals surface area contributed by atoms with E-state index in [1.54, 1.807) is 20.8 Å². The van der Waals surface area contributed by atoms with E-state index in [1.807, 2.05) is 0 Å². The molecule has 5 aromatic heterocycles. The summed E-state index contributed by atoms with van der Waals surface area (Å²) >= 11 is 20.8. The predicted molar refractivity (Wildman–Crippen MR) is 335 cm³/mol. The van der Waals surface area contributed by atoms with E-state index in [0.29, 0.717) is 23.3 Å². The molecule has 10 rings (SSSR count). The Hall–Kier alpha value is -3.82. The van der Waals surface area contributed by atoms with Crippen LogP contribution >= 0.6 is 95.7 Å². The zero-order valence-electron chi connectivity index (χ0n) is 47.3. The van der Waals surface area contributed by atoms with Gasteiger partial charge in [-0.05, 0) is 30.4 Å². The van der Waals surface area contributed by atoms with Crippen molar-refractivity contribution in [3.05, 3.63) is 75.6 Å². The number of aromatic nitrogens is 10. The SMILES string of the molecule is C=C1NC(=O)N([C@H]2C[C@@H](OP(=O)(S)OC[C@H]3O[C@@H](n4cnc5c(=O)[nH]c(N)nc54)CC3OP(=O)(S)OC[C@H]3O[C@@H](n4cnc5c(N)ncnc54)CC3OP(=O)(S)OC[C@H]3O[C@@H](n4cc(C)c(N)nc4=O)CC3OP(=O)(S)OCCC)[C@@H](CO[P+](=O)S)O2)C=C1C. The lowest BCUT2D eigenvalue weighted by Crippen LogP contribution is -2.45. The molecule has 46 heteroatoms. The van der Waals surface area contributed by atoms with Gasteiger partial charge in [-0.2, -0.15) is 9.97 Å². The first-order chi connectivity index (χ1) is 42.4. The number of aromatic amines is 1. The first-order valence-electron chi connectivity index (χ1n) is 27.0. The number of thiol groups is 5. The highest BCUT2D eigenvalue weighted by Crippen LogP contribution is 2.61. The molecule has 0 saturated carbocycles. The fourth-order valence-electron chi connectivity index (χ4n) is 10.1. The van der Waals surface area contributed by atoms with Crippen LogP contribution in [0.1, 0.15) is 70.2 Å². The molecular formula is C44H61N15O21P5S5+. The molecule has 10 heterocycles. The third-order valence-electron chi connectivity index (χ3n) is 14.4. The van der Waals surface area contributed by atoms with Crippen molar-refractivity contribution in [3.63, 3.8) is 0 Å². The predicted octanol–water partition coefficient (Wildman–Crippen LogP) is 6.46. The average Bonchev–Trinajstić information content (AvgIpc) is 1.70. The lowest BCUT2D eigenvalue weighted by molar-refractivity contribution is -0.0522. The van der Waals surface area contributed by atoms with E-state index in [0.717, 1.165) is 4.57 Å². The van der Waals surface area contributed by atoms with Gasteiger partial charge in [0.1, 0.15) is 110 Å². The molecule has 90 heavy (non-hydrogen) atoms. The highest BCUT2D eigenvalue weighted by atomic mass is 32.7. The van der Waals surface area contributed by atoms with Crippen molar-refractivity contribution in [3.8, 4) is 0 Å². The maximum atomic E-state index is 14.6. The monoisotopic (exact) mass is 1450 g/mol. The van der Waals surface area contributed by atoms with Gasteiger partial charge in [-0.1, -0.05) is 62.5 Å². The van der Waals surface area contributed by atoms with Crippen molar-refractivity contribution in [2.75, 3.05) is 50.2 Å². The molecule has 492 valence electrons. The quantitative estimate of drug-likeness (QED) is 0.0199. The summed E-state index contributed by atoms with van der Waals surface area (Å²) in [4.78, 5) is 67.2. The molecule has 4 fully saturated rings. The Balaban J connectivity index is 0.862. The Morgan fingerprint density at radius 1 is 0.656 bits per heavy atom. The zero-order valence-corrected chi connectivity index (χ0v) is 56.3. The number of hydrogen-bond acceptors (Lipinski definition) is 30. The molecule has 0 radical (unpaired) electrons. The van der Waals surface area contributed by atoms with Crippen LogP contribution < -0.4 is 33.8 Å². The van der Waals surface area contributed by atoms with Crippen LogP contribution in [0.15, 0.2) is 58.8 Å². The van der Waals surface area contributed by atoms with E-state index in [1.165, 1.54) is 45.4 Å². The standard InChI is InChI=1S/C44H60N15O21P5S5/c1-5-6-69-82(64,87)77-24-8-32(57-12-21(3)37(45)53-44(57)62)74-28(24)14-70-84(66,89)79-25-9-33(58-18-50-35-38(46)48-17-49-39(35)58)75-29(25)15-72-85(67,90)80-26-10-34(59-19-51-36-40(59)54-42(47)55-41(36)60)76-30(26)16-71-83(65,88)78-23-7-31(73-27(23)13-68-81(63)86)56-11-20(2)22(4)52-43(56)61/h11-12,17-19,23-34H,4-10,13-16H2,1-3H3,(H12-,45,46,47,48,49,52,53,54,55,60,61,62,63,64,65,66,67,86,87,88,89,90)/p+1/t23-,24?,25?,26?,27-,28-,29-,30-,31-,32-,33-,34-,82?,83?,84?,85?/m1/s1. The molecule has 5 aromatic rings. The second kappa shape index (κ2) is 28.2. The van der Waals surface area contributed by atoms with Crippen molar-refractivity contribution >= 4 is 142 Å². The van der Waals surface area contributed by atoms with E-state index in [9.17, 15) is 37.2 Å². The molecular weight excluding hydrogens is 1390 g/mol. The van der Waals surface area contributed by atoms with Crippen LogP contribution in [0, 0.1) is 6.92 Å². The summed E-state index contributed by atoms with van der Waals surface area (Å²) in [6, 6.07) is -0.582. The maximum absolute atomic E-state index is 14.6. The molecule has 0 bridgehead atoms.